The molecule has 0 aliphatic carbocycles. The standard InChI is InChI=1S/C13H14O/c1-2-5-10-8-11-6-3-4-7-12(11)13(14)9-10/h3-4,6-9,14H,2,5H2,1H3. The van der Waals surface area contributed by atoms with Crippen LogP contribution < -0.4 is 0 Å². The largest absolute Gasteiger partial charge is 0.507 e. The zero-order valence-corrected chi connectivity index (χ0v) is 8.33. The zero-order chi connectivity index (χ0) is 9.97. The lowest BCUT2D eigenvalue weighted by Gasteiger charge is -2.04. The molecular formula is C13H14O. The molecule has 14 heavy (non-hydrogen) atoms. The van der Waals surface area contributed by atoms with E-state index in [-0.39, 0.29) is 0 Å². The Morgan fingerprint density at radius 3 is 2.71 bits per heavy atom. The maximum Gasteiger partial charge on any atom is 0.123 e. The topological polar surface area (TPSA) is 20.2 Å². The number of rotatable bonds is 2. The van der Waals surface area contributed by atoms with Gasteiger partial charge in [0.05, 0.1) is 0 Å². The molecule has 0 amide bonds. The normalized spacial score (nSPS) is 10.6. The summed E-state index contributed by atoms with van der Waals surface area (Å²) in [5.74, 6) is 0.395. The van der Waals surface area contributed by atoms with Crippen molar-refractivity contribution in [2.45, 2.75) is 19.8 Å². The lowest BCUT2D eigenvalue weighted by Crippen LogP contribution is -1.83. The molecule has 72 valence electrons. The Morgan fingerprint density at radius 2 is 1.93 bits per heavy atom. The average molecular weight is 186 g/mol. The number of phenolic OH excluding ortho intramolecular Hbond substituents is 1. The molecule has 0 fully saturated rings. The maximum absolute atomic E-state index is 9.78. The fourth-order valence-electron chi connectivity index (χ4n) is 1.78. The van der Waals surface area contributed by atoms with E-state index in [2.05, 4.69) is 13.0 Å². The maximum atomic E-state index is 9.78. The molecule has 2 aromatic carbocycles. The molecule has 0 aliphatic rings. The molecule has 0 aliphatic heterocycles. The van der Waals surface area contributed by atoms with Crippen LogP contribution >= 0.6 is 0 Å². The van der Waals surface area contributed by atoms with Crippen LogP contribution in [-0.4, -0.2) is 5.11 Å². The van der Waals surface area contributed by atoms with E-state index in [9.17, 15) is 5.11 Å². The van der Waals surface area contributed by atoms with Crippen LogP contribution in [0.4, 0.5) is 0 Å². The number of hydrogen-bond acceptors (Lipinski definition) is 1. The van der Waals surface area contributed by atoms with Gasteiger partial charge in [-0.15, -0.1) is 0 Å². The van der Waals surface area contributed by atoms with Gasteiger partial charge in [-0.2, -0.15) is 0 Å². The lowest BCUT2D eigenvalue weighted by atomic mass is 10.0. The Balaban J connectivity index is 2.60. The summed E-state index contributed by atoms with van der Waals surface area (Å²) >= 11 is 0. The van der Waals surface area contributed by atoms with Crippen molar-refractivity contribution in [3.8, 4) is 5.75 Å². The fourth-order valence-corrected chi connectivity index (χ4v) is 1.78. The summed E-state index contributed by atoms with van der Waals surface area (Å²) in [4.78, 5) is 0. The first-order valence-electron chi connectivity index (χ1n) is 5.02. The van der Waals surface area contributed by atoms with E-state index in [1.807, 2.05) is 30.3 Å². The summed E-state index contributed by atoms with van der Waals surface area (Å²) < 4.78 is 0. The smallest absolute Gasteiger partial charge is 0.123 e. The number of phenols is 1. The van der Waals surface area contributed by atoms with Crippen molar-refractivity contribution in [2.24, 2.45) is 0 Å². The highest BCUT2D eigenvalue weighted by atomic mass is 16.3. The van der Waals surface area contributed by atoms with Gasteiger partial charge < -0.3 is 5.11 Å². The van der Waals surface area contributed by atoms with E-state index in [1.165, 1.54) is 5.56 Å². The Morgan fingerprint density at radius 1 is 1.14 bits per heavy atom. The van der Waals surface area contributed by atoms with Crippen molar-refractivity contribution in [2.75, 3.05) is 0 Å². The number of fused-ring (bicyclic) bond motifs is 1. The summed E-state index contributed by atoms with van der Waals surface area (Å²) in [6, 6.07) is 11.9. The SMILES string of the molecule is CCCc1cc(O)c2ccccc2c1. The van der Waals surface area contributed by atoms with Crippen LogP contribution in [0.25, 0.3) is 10.8 Å². The van der Waals surface area contributed by atoms with Gasteiger partial charge in [0.2, 0.25) is 0 Å². The van der Waals surface area contributed by atoms with Crippen molar-refractivity contribution >= 4 is 10.8 Å². The third-order valence-electron chi connectivity index (χ3n) is 2.44. The van der Waals surface area contributed by atoms with Crippen molar-refractivity contribution < 1.29 is 5.11 Å². The van der Waals surface area contributed by atoms with Gasteiger partial charge in [0.1, 0.15) is 5.75 Å². The summed E-state index contributed by atoms with van der Waals surface area (Å²) in [6.07, 6.45) is 2.14. The van der Waals surface area contributed by atoms with Crippen LogP contribution in [0.3, 0.4) is 0 Å². The summed E-state index contributed by atoms with van der Waals surface area (Å²) in [5.41, 5.74) is 1.21. The van der Waals surface area contributed by atoms with Gasteiger partial charge in [-0.25, -0.2) is 0 Å². The number of hydrogen-bond donors (Lipinski definition) is 1. The molecule has 1 heteroatoms. The Bertz CT molecular complexity index is 446. The van der Waals surface area contributed by atoms with E-state index < -0.39 is 0 Å². The second-order valence-electron chi connectivity index (χ2n) is 3.59. The number of aryl methyl sites for hydroxylation is 1. The van der Waals surface area contributed by atoms with Crippen molar-refractivity contribution in [3.63, 3.8) is 0 Å². The number of benzene rings is 2. The molecule has 1 N–H and O–H groups in total. The molecule has 0 bridgehead atoms. The summed E-state index contributed by atoms with van der Waals surface area (Å²) in [7, 11) is 0. The van der Waals surface area contributed by atoms with Gasteiger partial charge in [-0.3, -0.25) is 0 Å². The fraction of sp³-hybridized carbons (Fsp3) is 0.231. The Labute approximate surface area is 84.0 Å². The molecule has 0 saturated heterocycles. The first-order valence-corrected chi connectivity index (χ1v) is 5.02. The quantitative estimate of drug-likeness (QED) is 0.761. The van der Waals surface area contributed by atoms with E-state index in [4.69, 9.17) is 0 Å². The zero-order valence-electron chi connectivity index (χ0n) is 8.33. The molecule has 0 atom stereocenters. The van der Waals surface area contributed by atoms with E-state index in [1.54, 1.807) is 0 Å². The van der Waals surface area contributed by atoms with Gasteiger partial charge in [0.25, 0.3) is 0 Å². The average Bonchev–Trinajstić information content (AvgIpc) is 2.18. The Hall–Kier alpha value is -1.50. The van der Waals surface area contributed by atoms with E-state index in [0.29, 0.717) is 5.75 Å². The van der Waals surface area contributed by atoms with E-state index in [0.717, 1.165) is 23.6 Å². The van der Waals surface area contributed by atoms with Crippen LogP contribution in [0.5, 0.6) is 5.75 Å². The van der Waals surface area contributed by atoms with Crippen molar-refractivity contribution in [1.82, 2.24) is 0 Å². The minimum absolute atomic E-state index is 0.395. The van der Waals surface area contributed by atoms with Gasteiger partial charge in [-0.05, 0) is 23.4 Å². The molecule has 1 nitrogen and oxygen atoms in total. The van der Waals surface area contributed by atoms with Crippen LogP contribution in [0, 0.1) is 0 Å². The van der Waals surface area contributed by atoms with E-state index >= 15 is 0 Å². The van der Waals surface area contributed by atoms with Gasteiger partial charge in [0, 0.05) is 5.39 Å². The van der Waals surface area contributed by atoms with Crippen molar-refractivity contribution in [3.05, 3.63) is 42.0 Å². The molecule has 2 rings (SSSR count). The van der Waals surface area contributed by atoms with Crippen LogP contribution in [0.1, 0.15) is 18.9 Å². The molecule has 0 heterocycles. The Kier molecular flexibility index (Phi) is 2.40. The van der Waals surface area contributed by atoms with Gasteiger partial charge in [-0.1, -0.05) is 43.7 Å². The molecule has 0 radical (unpaired) electrons. The monoisotopic (exact) mass is 186 g/mol. The minimum Gasteiger partial charge on any atom is -0.507 e. The molecule has 2 aromatic rings. The predicted octanol–water partition coefficient (Wildman–Crippen LogP) is 3.50. The molecule has 0 saturated carbocycles. The minimum atomic E-state index is 0.395. The summed E-state index contributed by atoms with van der Waals surface area (Å²) in [5, 5.41) is 11.8. The van der Waals surface area contributed by atoms with Crippen LogP contribution in [0.2, 0.25) is 0 Å². The van der Waals surface area contributed by atoms with Gasteiger partial charge >= 0.3 is 0 Å². The summed E-state index contributed by atoms with van der Waals surface area (Å²) in [6.45, 7) is 2.15. The highest BCUT2D eigenvalue weighted by Gasteiger charge is 2.01. The highest BCUT2D eigenvalue weighted by molar-refractivity contribution is 5.88. The van der Waals surface area contributed by atoms with Crippen LogP contribution in [-0.2, 0) is 6.42 Å². The highest BCUT2D eigenvalue weighted by Crippen LogP contribution is 2.26. The third kappa shape index (κ3) is 1.58. The first kappa shape index (κ1) is 9.07. The lowest BCUT2D eigenvalue weighted by molar-refractivity contribution is 0.481. The van der Waals surface area contributed by atoms with Gasteiger partial charge in [0.15, 0.2) is 0 Å². The first-order chi connectivity index (χ1) is 6.81. The van der Waals surface area contributed by atoms with Crippen LogP contribution in [0.15, 0.2) is 36.4 Å². The predicted molar refractivity (Wildman–Crippen MR) is 59.6 cm³/mol. The molecule has 0 unspecified atom stereocenters. The number of aromatic hydroxyl groups is 1. The van der Waals surface area contributed by atoms with Crippen molar-refractivity contribution in [1.29, 1.82) is 0 Å². The molecule has 0 spiro atoms. The molecular weight excluding hydrogens is 172 g/mol. The second kappa shape index (κ2) is 3.70. The third-order valence-corrected chi connectivity index (χ3v) is 2.44. The second-order valence-corrected chi connectivity index (χ2v) is 3.59. The molecule has 0 aromatic heterocycles.